The minimum Gasteiger partial charge on any atom is -0.308 e. The molecule has 0 saturated heterocycles. The predicted molar refractivity (Wildman–Crippen MR) is 334 cm³/mol. The Labute approximate surface area is 473 Å². The third-order valence-corrected chi connectivity index (χ3v) is 16.8. The highest BCUT2D eigenvalue weighted by molar-refractivity contribution is 6.15. The third kappa shape index (κ3) is 8.91. The second kappa shape index (κ2) is 19.4. The molecule has 0 amide bonds. The normalized spacial score (nSPS) is 11.9. The van der Waals surface area contributed by atoms with Crippen LogP contribution in [0.1, 0.15) is 83.5 Å². The first-order chi connectivity index (χ1) is 38.6. The van der Waals surface area contributed by atoms with Gasteiger partial charge in [-0.15, -0.1) is 0 Å². The van der Waals surface area contributed by atoms with Gasteiger partial charge in [0.1, 0.15) is 0 Å². The summed E-state index contributed by atoms with van der Waals surface area (Å²) in [5, 5.41) is 15.3. The van der Waals surface area contributed by atoms with E-state index in [0.717, 1.165) is 88.1 Å². The minimum absolute atomic E-state index is 0.368. The van der Waals surface area contributed by atoms with Gasteiger partial charge >= 0.3 is 6.18 Å². The quantitative estimate of drug-likeness (QED) is 0.157. The molecule has 0 saturated carbocycles. The third-order valence-electron chi connectivity index (χ3n) is 16.8. The van der Waals surface area contributed by atoms with E-state index in [2.05, 4.69) is 220 Å². The molecule has 3 nitrogen and oxygen atoms in total. The Balaban J connectivity index is 1.24. The molecule has 0 fully saturated rings. The molecule has 0 aliphatic carbocycles. The first kappa shape index (κ1) is 52.8. The molecule has 0 unspecified atom stereocenters. The molecule has 2 aromatic heterocycles. The molecule has 400 valence electrons. The zero-order chi connectivity index (χ0) is 57.2. The molecule has 81 heavy (non-hydrogen) atoms. The number of aryl methyl sites for hydroxylation is 13. The molecule has 0 aliphatic heterocycles. The molecule has 0 aliphatic rings. The molecule has 10 aromatic carbocycles. The molecule has 6 heteroatoms. The van der Waals surface area contributed by atoms with E-state index in [1.807, 2.05) is 18.2 Å². The van der Waals surface area contributed by atoms with Crippen LogP contribution in [-0.2, 0) is 6.18 Å². The number of alkyl halides is 3. The summed E-state index contributed by atoms with van der Waals surface area (Å²) < 4.78 is 50.4. The highest BCUT2D eigenvalue weighted by Crippen LogP contribution is 2.48. The highest BCUT2D eigenvalue weighted by Gasteiger charge is 2.33. The van der Waals surface area contributed by atoms with Crippen LogP contribution >= 0.6 is 0 Å². The Kier molecular flexibility index (Phi) is 12.6. The minimum atomic E-state index is -4.63. The maximum atomic E-state index is 15.3. The Hall–Kier alpha value is -8.92. The van der Waals surface area contributed by atoms with Crippen molar-refractivity contribution in [1.29, 1.82) is 5.26 Å². The maximum Gasteiger partial charge on any atom is 0.416 e. The number of nitrogens with zero attached hydrogens (tertiary/aromatic N) is 3. The monoisotopic (exact) mass is 1060 g/mol. The fraction of sp³-hybridized carbons (Fsp3) is 0.187. The maximum absolute atomic E-state index is 15.3. The van der Waals surface area contributed by atoms with Crippen LogP contribution in [-0.4, -0.2) is 9.13 Å². The summed E-state index contributed by atoms with van der Waals surface area (Å²) in [4.78, 5) is 0. The van der Waals surface area contributed by atoms with E-state index in [1.54, 1.807) is 6.92 Å². The van der Waals surface area contributed by atoms with Crippen LogP contribution in [0.3, 0.4) is 0 Å². The van der Waals surface area contributed by atoms with Gasteiger partial charge in [0.05, 0.1) is 50.6 Å². The molecule has 12 aromatic rings. The summed E-state index contributed by atoms with van der Waals surface area (Å²) in [7, 11) is 0. The Morgan fingerprint density at radius 1 is 0.309 bits per heavy atom. The summed E-state index contributed by atoms with van der Waals surface area (Å²) in [5.41, 5.74) is 28.8. The first-order valence-electron chi connectivity index (χ1n) is 27.8. The zero-order valence-corrected chi connectivity index (χ0v) is 48.4. The number of hydrogen-bond acceptors (Lipinski definition) is 1. The van der Waals surface area contributed by atoms with Gasteiger partial charge in [0, 0.05) is 27.1 Å². The van der Waals surface area contributed by atoms with Crippen molar-refractivity contribution in [3.8, 4) is 73.1 Å². The average molecular weight is 1060 g/mol. The summed E-state index contributed by atoms with van der Waals surface area (Å²) in [6.45, 7) is 27.5. The molecule has 0 atom stereocenters. The van der Waals surface area contributed by atoms with Gasteiger partial charge in [0.25, 0.3) is 0 Å². The number of rotatable bonds is 7. The molecule has 0 bridgehead atoms. The van der Waals surface area contributed by atoms with Gasteiger partial charge < -0.3 is 9.13 Å². The lowest BCUT2D eigenvalue weighted by atomic mass is 9.91. The molecule has 12 rings (SSSR count). The van der Waals surface area contributed by atoms with E-state index in [1.165, 1.54) is 78.9 Å². The van der Waals surface area contributed by atoms with Crippen LogP contribution in [0.2, 0.25) is 0 Å². The second-order valence-corrected chi connectivity index (χ2v) is 23.3. The predicted octanol–water partition coefficient (Wildman–Crippen LogP) is 21.1. The van der Waals surface area contributed by atoms with E-state index in [4.69, 9.17) is 0 Å². The van der Waals surface area contributed by atoms with Crippen molar-refractivity contribution in [2.45, 2.75) is 96.2 Å². The van der Waals surface area contributed by atoms with E-state index in [0.29, 0.717) is 33.6 Å². The number of nitriles is 1. The van der Waals surface area contributed by atoms with Crippen molar-refractivity contribution >= 4 is 43.6 Å². The number of fused-ring (bicyclic) bond motifs is 6. The lowest BCUT2D eigenvalue weighted by Crippen LogP contribution is -2.08. The summed E-state index contributed by atoms with van der Waals surface area (Å²) >= 11 is 0. The lowest BCUT2D eigenvalue weighted by molar-refractivity contribution is -0.137. The number of benzene rings is 10. The van der Waals surface area contributed by atoms with Crippen LogP contribution in [0.25, 0.3) is 111 Å². The van der Waals surface area contributed by atoms with Crippen molar-refractivity contribution in [2.75, 3.05) is 0 Å². The van der Waals surface area contributed by atoms with Gasteiger partial charge in [0.2, 0.25) is 0 Å². The van der Waals surface area contributed by atoms with Crippen LogP contribution < -0.4 is 0 Å². The first-order valence-corrected chi connectivity index (χ1v) is 27.8. The highest BCUT2D eigenvalue weighted by atomic mass is 19.4. The summed E-state index contributed by atoms with van der Waals surface area (Å²) in [6, 6.07) is 54.8. The van der Waals surface area contributed by atoms with E-state index in [-0.39, 0.29) is 0 Å². The van der Waals surface area contributed by atoms with Gasteiger partial charge in [-0.05, 0) is 263 Å². The van der Waals surface area contributed by atoms with Gasteiger partial charge in [0.15, 0.2) is 0 Å². The van der Waals surface area contributed by atoms with Crippen molar-refractivity contribution in [1.82, 2.24) is 9.13 Å². The fourth-order valence-corrected chi connectivity index (χ4v) is 14.1. The topological polar surface area (TPSA) is 33.6 Å². The Morgan fingerprint density at radius 2 is 0.580 bits per heavy atom. The summed E-state index contributed by atoms with van der Waals surface area (Å²) in [5.74, 6) is 0. The summed E-state index contributed by atoms with van der Waals surface area (Å²) in [6.07, 6.45) is -4.63. The van der Waals surface area contributed by atoms with Crippen LogP contribution in [0.5, 0.6) is 0 Å². The fourth-order valence-electron chi connectivity index (χ4n) is 14.1. The van der Waals surface area contributed by atoms with Crippen molar-refractivity contribution in [3.63, 3.8) is 0 Å². The lowest BCUT2D eigenvalue weighted by Gasteiger charge is -2.22. The van der Waals surface area contributed by atoms with E-state index >= 15 is 13.2 Å². The average Bonchev–Trinajstić information content (AvgIpc) is 3.91. The largest absolute Gasteiger partial charge is 0.416 e. The van der Waals surface area contributed by atoms with Gasteiger partial charge in [-0.1, -0.05) is 101 Å². The van der Waals surface area contributed by atoms with E-state index < -0.39 is 11.7 Å². The molecule has 0 N–H and O–H groups in total. The zero-order valence-electron chi connectivity index (χ0n) is 48.4. The standard InChI is InChI=1S/C75H64F3N3/c1-40-22-45(6)70(46(7)23-40)54-14-18-64-60(35-54)61-36-55(71-47(8)24-41(2)25-48(71)9)15-19-65(61)80(64)68-32-53(39-79)33-69(74(68)58-30-44(5)31-59(34-58)75(76,77)78)81-66-20-16-56(72-49(10)26-42(3)27-50(72)11)37-62(66)63-38-57(17-21-67(63)81)73-51(12)28-43(4)29-52(73)13/h14-38H,1-13H3. The Bertz CT molecular complexity index is 4140. The van der Waals surface area contributed by atoms with Gasteiger partial charge in [-0.3, -0.25) is 0 Å². The van der Waals surface area contributed by atoms with Crippen LogP contribution in [0.15, 0.2) is 152 Å². The van der Waals surface area contributed by atoms with Crippen LogP contribution in [0.4, 0.5) is 13.2 Å². The number of aromatic nitrogens is 2. The van der Waals surface area contributed by atoms with Crippen molar-refractivity contribution < 1.29 is 13.2 Å². The van der Waals surface area contributed by atoms with Crippen molar-refractivity contribution in [3.05, 3.63) is 235 Å². The molecular weight excluding hydrogens is 1000 g/mol. The molecule has 0 spiro atoms. The van der Waals surface area contributed by atoms with Gasteiger partial charge in [-0.25, -0.2) is 0 Å². The molecular formula is C75H64F3N3. The molecule has 2 heterocycles. The molecule has 0 radical (unpaired) electrons. The van der Waals surface area contributed by atoms with Gasteiger partial charge in [-0.2, -0.15) is 18.4 Å². The Morgan fingerprint density at radius 3 is 0.840 bits per heavy atom. The number of halogens is 3. The van der Waals surface area contributed by atoms with E-state index in [9.17, 15) is 5.26 Å². The van der Waals surface area contributed by atoms with Crippen LogP contribution in [0, 0.1) is 101 Å². The second-order valence-electron chi connectivity index (χ2n) is 23.3. The number of hydrogen-bond donors (Lipinski definition) is 0. The van der Waals surface area contributed by atoms with Crippen molar-refractivity contribution in [2.24, 2.45) is 0 Å². The SMILES string of the molecule is Cc1cc(-c2c(-n3c4ccc(-c5c(C)cc(C)cc5C)cc4c4cc(-c5c(C)cc(C)cc5C)ccc43)cc(C#N)cc2-n2c3ccc(-c4c(C)cc(C)cc4C)cc3c3cc(-c4c(C)cc(C)cc4C)ccc32)cc(C(F)(F)F)c1. The smallest absolute Gasteiger partial charge is 0.308 e.